The summed E-state index contributed by atoms with van der Waals surface area (Å²) in [5.74, 6) is -0.0964. The maximum atomic E-state index is 11.2. The number of hydrogen-bond acceptors (Lipinski definition) is 2. The molecule has 15 heavy (non-hydrogen) atoms. The highest BCUT2D eigenvalue weighted by atomic mass is 16.5. The quantitative estimate of drug-likeness (QED) is 0.692. The minimum absolute atomic E-state index is 0.0357. The lowest BCUT2D eigenvalue weighted by atomic mass is 10.1. The normalized spacial score (nSPS) is 12.1. The third-order valence-electron chi connectivity index (χ3n) is 2.15. The predicted octanol–water partition coefficient (Wildman–Crippen LogP) is 2.96. The molecule has 0 aliphatic heterocycles. The fourth-order valence-corrected chi connectivity index (χ4v) is 1.48. The molecule has 0 spiro atoms. The maximum Gasteiger partial charge on any atom is 0.306 e. The van der Waals surface area contributed by atoms with Crippen LogP contribution in [-0.4, -0.2) is 12.1 Å². The van der Waals surface area contributed by atoms with Gasteiger partial charge in [-0.1, -0.05) is 37.3 Å². The van der Waals surface area contributed by atoms with Crippen molar-refractivity contribution in [2.75, 3.05) is 0 Å². The lowest BCUT2D eigenvalue weighted by Crippen LogP contribution is -2.16. The van der Waals surface area contributed by atoms with Crippen LogP contribution in [0.3, 0.4) is 0 Å². The van der Waals surface area contributed by atoms with E-state index in [-0.39, 0.29) is 12.1 Å². The molecule has 0 bridgehead atoms. The Kier molecular flexibility index (Phi) is 4.88. The van der Waals surface area contributed by atoms with E-state index in [1.165, 1.54) is 5.56 Å². The van der Waals surface area contributed by atoms with Crippen molar-refractivity contribution in [3.05, 3.63) is 35.9 Å². The zero-order chi connectivity index (χ0) is 11.1. The Bertz CT molecular complexity index is 293. The van der Waals surface area contributed by atoms with Gasteiger partial charge >= 0.3 is 5.97 Å². The molecule has 0 N–H and O–H groups in total. The van der Waals surface area contributed by atoms with E-state index in [2.05, 4.69) is 0 Å². The lowest BCUT2D eigenvalue weighted by Gasteiger charge is -2.12. The molecule has 0 aromatic heterocycles. The molecule has 0 aliphatic carbocycles. The molecule has 1 rings (SSSR count). The highest BCUT2D eigenvalue weighted by Crippen LogP contribution is 2.06. The van der Waals surface area contributed by atoms with E-state index < -0.39 is 0 Å². The van der Waals surface area contributed by atoms with E-state index in [0.717, 1.165) is 12.8 Å². The summed E-state index contributed by atoms with van der Waals surface area (Å²) in [5.41, 5.74) is 1.20. The summed E-state index contributed by atoms with van der Waals surface area (Å²) in [7, 11) is 0. The Labute approximate surface area is 91.3 Å². The van der Waals surface area contributed by atoms with E-state index in [9.17, 15) is 4.79 Å². The van der Waals surface area contributed by atoms with Crippen LogP contribution in [0, 0.1) is 0 Å². The van der Waals surface area contributed by atoms with Gasteiger partial charge < -0.3 is 4.74 Å². The van der Waals surface area contributed by atoms with Crippen molar-refractivity contribution in [1.29, 1.82) is 0 Å². The number of carbonyl (C=O) groups is 1. The molecule has 0 heterocycles. The Morgan fingerprint density at radius 2 is 2.00 bits per heavy atom. The first-order chi connectivity index (χ1) is 7.22. The third kappa shape index (κ3) is 4.63. The van der Waals surface area contributed by atoms with Crippen molar-refractivity contribution in [3.8, 4) is 0 Å². The number of ether oxygens (including phenoxy) is 1. The zero-order valence-electron chi connectivity index (χ0n) is 9.40. The van der Waals surface area contributed by atoms with Crippen molar-refractivity contribution < 1.29 is 9.53 Å². The highest BCUT2D eigenvalue weighted by molar-refractivity contribution is 5.69. The summed E-state index contributed by atoms with van der Waals surface area (Å²) >= 11 is 0. The van der Waals surface area contributed by atoms with Crippen LogP contribution in [0.15, 0.2) is 30.3 Å². The van der Waals surface area contributed by atoms with Gasteiger partial charge in [0.2, 0.25) is 0 Å². The Balaban J connectivity index is 2.36. The van der Waals surface area contributed by atoms with E-state index in [1.807, 2.05) is 44.2 Å². The van der Waals surface area contributed by atoms with E-state index in [1.54, 1.807) is 0 Å². The van der Waals surface area contributed by atoms with Crippen LogP contribution in [-0.2, 0) is 16.0 Å². The van der Waals surface area contributed by atoms with Gasteiger partial charge in [-0.2, -0.15) is 0 Å². The summed E-state index contributed by atoms with van der Waals surface area (Å²) in [6, 6.07) is 10.1. The van der Waals surface area contributed by atoms with Crippen LogP contribution in [0.5, 0.6) is 0 Å². The second-order valence-electron chi connectivity index (χ2n) is 3.74. The van der Waals surface area contributed by atoms with Crippen LogP contribution in [0.1, 0.15) is 32.3 Å². The first kappa shape index (κ1) is 11.8. The number of esters is 1. The Hall–Kier alpha value is -1.31. The highest BCUT2D eigenvalue weighted by Gasteiger charge is 2.08. The minimum Gasteiger partial charge on any atom is -0.462 e. The molecular formula is C13H18O2. The molecule has 1 aromatic carbocycles. The lowest BCUT2D eigenvalue weighted by molar-refractivity contribution is -0.148. The fraction of sp³-hybridized carbons (Fsp3) is 0.462. The van der Waals surface area contributed by atoms with Crippen LogP contribution in [0.4, 0.5) is 0 Å². The summed E-state index contributed by atoms with van der Waals surface area (Å²) in [6.07, 6.45) is 2.11. The SMILES string of the molecule is CCCC(=O)O[C@@H](C)Cc1ccccc1. The predicted molar refractivity (Wildman–Crippen MR) is 60.6 cm³/mol. The van der Waals surface area contributed by atoms with Crippen LogP contribution in [0.25, 0.3) is 0 Å². The molecule has 1 aromatic rings. The van der Waals surface area contributed by atoms with Crippen LogP contribution in [0.2, 0.25) is 0 Å². The van der Waals surface area contributed by atoms with Gasteiger partial charge in [0.15, 0.2) is 0 Å². The van der Waals surface area contributed by atoms with Crippen molar-refractivity contribution in [3.63, 3.8) is 0 Å². The molecule has 0 aliphatic rings. The molecule has 0 unspecified atom stereocenters. The van der Waals surface area contributed by atoms with Gasteiger partial charge in [-0.25, -0.2) is 0 Å². The first-order valence-corrected chi connectivity index (χ1v) is 5.45. The molecule has 0 amide bonds. The second-order valence-corrected chi connectivity index (χ2v) is 3.74. The molecule has 0 saturated carbocycles. The Morgan fingerprint density at radius 1 is 1.33 bits per heavy atom. The molecule has 82 valence electrons. The van der Waals surface area contributed by atoms with Gasteiger partial charge in [-0.3, -0.25) is 4.79 Å². The van der Waals surface area contributed by atoms with Crippen molar-refractivity contribution >= 4 is 5.97 Å². The van der Waals surface area contributed by atoms with E-state index in [0.29, 0.717) is 6.42 Å². The average molecular weight is 206 g/mol. The monoisotopic (exact) mass is 206 g/mol. The molecule has 0 fully saturated rings. The average Bonchev–Trinajstić information content (AvgIpc) is 2.19. The van der Waals surface area contributed by atoms with E-state index in [4.69, 9.17) is 4.74 Å². The summed E-state index contributed by atoms with van der Waals surface area (Å²) in [5, 5.41) is 0. The molecule has 0 saturated heterocycles. The van der Waals surface area contributed by atoms with Crippen LogP contribution >= 0.6 is 0 Å². The third-order valence-corrected chi connectivity index (χ3v) is 2.15. The smallest absolute Gasteiger partial charge is 0.306 e. The van der Waals surface area contributed by atoms with Gasteiger partial charge in [-0.15, -0.1) is 0 Å². The minimum atomic E-state index is -0.0964. The second kappa shape index (κ2) is 6.23. The van der Waals surface area contributed by atoms with Gasteiger partial charge in [0, 0.05) is 12.8 Å². The molecule has 2 nitrogen and oxygen atoms in total. The number of rotatable bonds is 5. The summed E-state index contributed by atoms with van der Waals surface area (Å²) in [4.78, 5) is 11.2. The Morgan fingerprint density at radius 3 is 2.60 bits per heavy atom. The van der Waals surface area contributed by atoms with Crippen molar-refractivity contribution in [2.24, 2.45) is 0 Å². The fourth-order valence-electron chi connectivity index (χ4n) is 1.48. The van der Waals surface area contributed by atoms with Crippen molar-refractivity contribution in [1.82, 2.24) is 0 Å². The zero-order valence-corrected chi connectivity index (χ0v) is 9.40. The summed E-state index contributed by atoms with van der Waals surface area (Å²) < 4.78 is 5.26. The van der Waals surface area contributed by atoms with Gasteiger partial charge in [0.1, 0.15) is 6.10 Å². The topological polar surface area (TPSA) is 26.3 Å². The first-order valence-electron chi connectivity index (χ1n) is 5.45. The van der Waals surface area contributed by atoms with Gasteiger partial charge in [0.05, 0.1) is 0 Å². The molecule has 1 atom stereocenters. The number of benzene rings is 1. The standard InChI is InChI=1S/C13H18O2/c1-3-7-13(14)15-11(2)10-12-8-5-4-6-9-12/h4-6,8-9,11H,3,7,10H2,1-2H3/t11-/m0/s1. The van der Waals surface area contributed by atoms with E-state index >= 15 is 0 Å². The van der Waals surface area contributed by atoms with Gasteiger partial charge in [-0.05, 0) is 18.9 Å². The largest absolute Gasteiger partial charge is 0.462 e. The molecular weight excluding hydrogens is 188 g/mol. The van der Waals surface area contributed by atoms with Gasteiger partial charge in [0.25, 0.3) is 0 Å². The van der Waals surface area contributed by atoms with Crippen LogP contribution < -0.4 is 0 Å². The number of hydrogen-bond donors (Lipinski definition) is 0. The number of carbonyl (C=O) groups excluding carboxylic acids is 1. The maximum absolute atomic E-state index is 11.2. The summed E-state index contributed by atoms with van der Waals surface area (Å²) in [6.45, 7) is 3.91. The molecule has 0 radical (unpaired) electrons. The van der Waals surface area contributed by atoms with Crippen molar-refractivity contribution in [2.45, 2.75) is 39.2 Å². The molecule has 2 heteroatoms.